The van der Waals surface area contributed by atoms with Crippen molar-refractivity contribution in [1.82, 2.24) is 9.13 Å². The Labute approximate surface area is 409 Å². The second-order valence-corrected chi connectivity index (χ2v) is 25.6. The van der Waals surface area contributed by atoms with E-state index in [-0.39, 0.29) is 33.9 Å². The van der Waals surface area contributed by atoms with Gasteiger partial charge in [0.1, 0.15) is 5.58 Å². The van der Waals surface area contributed by atoms with Crippen molar-refractivity contribution in [1.29, 1.82) is 0 Å². The van der Waals surface area contributed by atoms with Crippen molar-refractivity contribution in [2.24, 2.45) is 0 Å². The van der Waals surface area contributed by atoms with E-state index in [0.717, 1.165) is 22.5 Å². The summed E-state index contributed by atoms with van der Waals surface area (Å²) in [5.74, 6) is 0.906. The molecule has 0 radical (unpaired) electrons. The number of fused-ring (bicyclic) bond motifs is 13. The minimum atomic E-state index is -0.167. The number of aromatic nitrogens is 2. The number of rotatable bonds is 2. The van der Waals surface area contributed by atoms with E-state index in [1.165, 1.54) is 105 Å². The van der Waals surface area contributed by atoms with Gasteiger partial charge in [-0.15, -0.1) is 0 Å². The number of hydrogen-bond donors (Lipinski definition) is 0. The van der Waals surface area contributed by atoms with Crippen molar-refractivity contribution in [2.45, 2.75) is 131 Å². The Bertz CT molecular complexity index is 3780. The molecule has 4 nitrogen and oxygen atoms in total. The summed E-state index contributed by atoms with van der Waals surface area (Å²) < 4.78 is 12.4. The van der Waals surface area contributed by atoms with Gasteiger partial charge in [0.2, 0.25) is 0 Å². The molecule has 2 aliphatic heterocycles. The SMILES string of the molecule is CC(C)(C)c1ccc(N2B3c4c(cc(C(C)(C)C)cc4-n4c5ccc6c7cc(C(C)(C)C)ccc7n(-c7ccc(C(C)(C)C)cc7)c6c5c5cc(C(C)(C)C)cc3c54)-c3c2oc2ccccc32)cc1. The molecule has 5 heteroatoms. The Hall–Kier alpha value is -6.46. The molecule has 0 N–H and O–H groups in total. The number of nitrogens with zero attached hydrogens (tertiary/aromatic N) is 3. The molecular formula is C64H66BN3O. The van der Waals surface area contributed by atoms with Crippen molar-refractivity contribution in [3.05, 3.63) is 155 Å². The molecule has 10 aromatic rings. The minimum Gasteiger partial charge on any atom is -0.441 e. The van der Waals surface area contributed by atoms with Crippen LogP contribution in [0.1, 0.15) is 132 Å². The Balaban J connectivity index is 1.29. The molecule has 3 aromatic heterocycles. The Kier molecular flexibility index (Phi) is 8.94. The standard InChI is InChI=1S/C64H66BN3O/c1-60(2,3)37-20-25-42(26-21-37)66-50-30-24-39(62(7,8)9)32-46(50)44-29-31-51-55(58(44)66)48-34-40(63(10,11)12)35-49-57(48)67(51)52-36-41(64(13,14)15)33-47-54-45-18-16-17-19-53(45)69-59(54)68(65(49)56(47)52)43-27-22-38(23-28-43)61(4,5)6/h16-36H,1-15H3. The highest BCUT2D eigenvalue weighted by Gasteiger charge is 2.47. The van der Waals surface area contributed by atoms with Gasteiger partial charge in [-0.05, 0) is 132 Å². The third-order valence-corrected chi connectivity index (χ3v) is 15.7. The first kappa shape index (κ1) is 43.8. The van der Waals surface area contributed by atoms with Crippen molar-refractivity contribution < 1.29 is 4.42 Å². The van der Waals surface area contributed by atoms with Crippen molar-refractivity contribution in [3.8, 4) is 22.5 Å². The molecule has 5 heterocycles. The van der Waals surface area contributed by atoms with Crippen LogP contribution in [0.4, 0.5) is 11.6 Å². The lowest BCUT2D eigenvalue weighted by Crippen LogP contribution is -2.60. The second kappa shape index (κ2) is 14.1. The summed E-state index contributed by atoms with van der Waals surface area (Å²) in [5.41, 5.74) is 20.9. The largest absolute Gasteiger partial charge is 0.441 e. The van der Waals surface area contributed by atoms with E-state index in [1.807, 2.05) is 0 Å². The van der Waals surface area contributed by atoms with Crippen LogP contribution in [-0.2, 0) is 27.1 Å². The summed E-state index contributed by atoms with van der Waals surface area (Å²) in [7, 11) is 0. The zero-order valence-electron chi connectivity index (χ0n) is 43.5. The molecule has 0 atom stereocenters. The maximum atomic E-state index is 7.21. The highest BCUT2D eigenvalue weighted by Crippen LogP contribution is 2.51. The maximum Gasteiger partial charge on any atom is 0.336 e. The number of para-hydroxylation sites is 1. The van der Waals surface area contributed by atoms with Gasteiger partial charge in [-0.3, -0.25) is 0 Å². The maximum absolute atomic E-state index is 7.21. The number of furan rings is 1. The molecule has 346 valence electrons. The lowest BCUT2D eigenvalue weighted by Gasteiger charge is -2.41. The van der Waals surface area contributed by atoms with Gasteiger partial charge in [0.05, 0.1) is 27.6 Å². The first-order valence-corrected chi connectivity index (χ1v) is 25.2. The quantitative estimate of drug-likeness (QED) is 0.162. The average molecular weight is 904 g/mol. The lowest BCUT2D eigenvalue weighted by atomic mass is 9.44. The average Bonchev–Trinajstić information content (AvgIpc) is 3.94. The molecular weight excluding hydrogens is 838 g/mol. The Morgan fingerprint density at radius 1 is 0.420 bits per heavy atom. The molecule has 12 rings (SSSR count). The van der Waals surface area contributed by atoms with Crippen LogP contribution >= 0.6 is 0 Å². The number of benzene rings is 7. The highest BCUT2D eigenvalue weighted by molar-refractivity contribution is 6.93. The van der Waals surface area contributed by atoms with Crippen LogP contribution in [0.5, 0.6) is 0 Å². The van der Waals surface area contributed by atoms with Gasteiger partial charge in [0, 0.05) is 44.0 Å². The molecule has 0 bridgehead atoms. The fourth-order valence-corrected chi connectivity index (χ4v) is 11.6. The molecule has 0 aliphatic carbocycles. The number of hydrogen-bond acceptors (Lipinski definition) is 2. The molecule has 2 aliphatic rings. The summed E-state index contributed by atoms with van der Waals surface area (Å²) in [6, 6.07) is 49.5. The molecule has 69 heavy (non-hydrogen) atoms. The van der Waals surface area contributed by atoms with Crippen LogP contribution in [0.15, 0.2) is 132 Å². The molecule has 0 amide bonds. The summed E-state index contributed by atoms with van der Waals surface area (Å²) >= 11 is 0. The van der Waals surface area contributed by atoms with Crippen molar-refractivity contribution in [2.75, 3.05) is 4.81 Å². The first-order chi connectivity index (χ1) is 32.4. The third-order valence-electron chi connectivity index (χ3n) is 15.7. The molecule has 0 saturated heterocycles. The van der Waals surface area contributed by atoms with E-state index < -0.39 is 0 Å². The third kappa shape index (κ3) is 6.41. The molecule has 0 saturated carbocycles. The van der Waals surface area contributed by atoms with Gasteiger partial charge in [-0.25, -0.2) is 0 Å². The highest BCUT2D eigenvalue weighted by atomic mass is 16.4. The Morgan fingerprint density at radius 2 is 0.971 bits per heavy atom. The van der Waals surface area contributed by atoms with Crippen LogP contribution in [0.2, 0.25) is 0 Å². The summed E-state index contributed by atoms with van der Waals surface area (Å²) in [6.45, 7) is 34.8. The van der Waals surface area contributed by atoms with Gasteiger partial charge >= 0.3 is 6.85 Å². The van der Waals surface area contributed by atoms with E-state index in [2.05, 4.69) is 245 Å². The summed E-state index contributed by atoms with van der Waals surface area (Å²) in [6.07, 6.45) is 0. The fourth-order valence-electron chi connectivity index (χ4n) is 11.6. The van der Waals surface area contributed by atoms with E-state index in [1.54, 1.807) is 0 Å². The van der Waals surface area contributed by atoms with Crippen LogP contribution in [0.3, 0.4) is 0 Å². The monoisotopic (exact) mass is 904 g/mol. The second-order valence-electron chi connectivity index (χ2n) is 25.6. The van der Waals surface area contributed by atoms with Gasteiger partial charge in [-0.2, -0.15) is 0 Å². The van der Waals surface area contributed by atoms with Gasteiger partial charge in [0.25, 0.3) is 0 Å². The molecule has 0 spiro atoms. The van der Waals surface area contributed by atoms with Crippen LogP contribution in [0, 0.1) is 0 Å². The summed E-state index contributed by atoms with van der Waals surface area (Å²) in [4.78, 5) is 2.55. The van der Waals surface area contributed by atoms with Gasteiger partial charge < -0.3 is 18.4 Å². The van der Waals surface area contributed by atoms with E-state index in [4.69, 9.17) is 4.42 Å². The topological polar surface area (TPSA) is 26.2 Å². The van der Waals surface area contributed by atoms with Crippen molar-refractivity contribution in [3.63, 3.8) is 0 Å². The zero-order chi connectivity index (χ0) is 48.6. The predicted octanol–water partition coefficient (Wildman–Crippen LogP) is 16.4. The minimum absolute atomic E-state index is 0.00267. The van der Waals surface area contributed by atoms with E-state index >= 15 is 0 Å². The molecule has 0 fully saturated rings. The summed E-state index contributed by atoms with van der Waals surface area (Å²) in [5, 5.41) is 6.29. The fraction of sp³-hybridized carbons (Fsp3) is 0.312. The van der Waals surface area contributed by atoms with E-state index in [0.29, 0.717) is 0 Å². The van der Waals surface area contributed by atoms with Crippen LogP contribution in [-0.4, -0.2) is 16.0 Å². The molecule has 0 unspecified atom stereocenters. The van der Waals surface area contributed by atoms with Gasteiger partial charge in [-0.1, -0.05) is 171 Å². The molecule has 7 aromatic carbocycles. The zero-order valence-corrected chi connectivity index (χ0v) is 43.5. The van der Waals surface area contributed by atoms with Gasteiger partial charge in [0.15, 0.2) is 5.88 Å². The normalized spacial score (nSPS) is 14.2. The van der Waals surface area contributed by atoms with E-state index in [9.17, 15) is 0 Å². The Morgan fingerprint density at radius 3 is 1.59 bits per heavy atom. The smallest absolute Gasteiger partial charge is 0.336 e. The number of anilines is 2. The first-order valence-electron chi connectivity index (χ1n) is 25.2. The van der Waals surface area contributed by atoms with Crippen LogP contribution in [0.25, 0.3) is 77.1 Å². The predicted molar refractivity (Wildman–Crippen MR) is 297 cm³/mol. The van der Waals surface area contributed by atoms with Crippen molar-refractivity contribution >= 4 is 83.9 Å². The van der Waals surface area contributed by atoms with Crippen LogP contribution < -0.4 is 15.7 Å². The lowest BCUT2D eigenvalue weighted by molar-refractivity contribution is 0.589.